The molecule has 1 aromatic carbocycles. The minimum atomic E-state index is -4.45. The Morgan fingerprint density at radius 2 is 1.77 bits per heavy atom. The topological polar surface area (TPSA) is 76.1 Å². The van der Waals surface area contributed by atoms with E-state index in [-0.39, 0.29) is 38.9 Å². The van der Waals surface area contributed by atoms with Crippen molar-refractivity contribution in [2.45, 2.75) is 70.6 Å². The number of carbonyl (C=O) groups is 1. The summed E-state index contributed by atoms with van der Waals surface area (Å²) in [5, 5.41) is 10.1. The Labute approximate surface area is 170 Å². The number of nitrogens with two attached hydrogens (primary N) is 1. The van der Waals surface area contributed by atoms with Gasteiger partial charge in [-0.15, -0.1) is 0 Å². The summed E-state index contributed by atoms with van der Waals surface area (Å²) in [6.45, 7) is -1.67. The van der Waals surface area contributed by atoms with Gasteiger partial charge in [-0.25, -0.2) is 0 Å². The summed E-state index contributed by atoms with van der Waals surface area (Å²) >= 11 is -0.244. The van der Waals surface area contributed by atoms with Gasteiger partial charge in [0.15, 0.2) is 0 Å². The molecule has 5 atom stereocenters. The van der Waals surface area contributed by atoms with Crippen LogP contribution in [-0.4, -0.2) is 22.5 Å². The van der Waals surface area contributed by atoms with Crippen LogP contribution in [0.3, 0.4) is 0 Å². The fourth-order valence-electron chi connectivity index (χ4n) is 18.2. The Morgan fingerprint density at radius 3 is 2.16 bits per heavy atom. The van der Waals surface area contributed by atoms with Gasteiger partial charge in [0, 0.05) is 0 Å². The molecule has 0 bridgehead atoms. The van der Waals surface area contributed by atoms with E-state index < -0.39 is 23.3 Å². The second-order valence-corrected chi connectivity index (χ2v) is 38.6. The molecule has 10 saturated heterocycles. The first kappa shape index (κ1) is 15.6. The summed E-state index contributed by atoms with van der Waals surface area (Å²) in [4.78, 5) is 21.3. The number of hydrogen-bond donors (Lipinski definition) is 1. The Hall–Kier alpha value is -1.20. The van der Waals surface area contributed by atoms with E-state index in [0.29, 0.717) is 0 Å². The van der Waals surface area contributed by atoms with Crippen molar-refractivity contribution in [1.29, 1.82) is 5.26 Å². The number of benzene rings is 1. The number of primary amides is 1. The standard InChI is InChI=1S/C17H14F3N2O2S.C5H5.Fe/c1-16(9-21,10-24-11-4-2-3-5-11)14-8-12(25-17(18,19)20)6-7-13(14)15(22)23;1-2-4-5-3-1;/h2-8H,10H2,1H3,(H2,22,23);1-5H;. The van der Waals surface area contributed by atoms with Crippen LogP contribution in [0.15, 0.2) is 23.1 Å². The Kier molecular flexibility index (Phi) is 0.964. The third-order valence-electron chi connectivity index (χ3n) is 17.5. The Bertz CT molecular complexity index is 1590. The van der Waals surface area contributed by atoms with Gasteiger partial charge in [0.2, 0.25) is 0 Å². The number of fused-ring (bicyclic) bond motifs is 10. The van der Waals surface area contributed by atoms with Gasteiger partial charge in [0.25, 0.3) is 0 Å². The number of nitrogens with zero attached hydrogens (tertiary/aromatic N) is 1. The molecule has 31 heavy (non-hydrogen) atoms. The van der Waals surface area contributed by atoms with Crippen LogP contribution in [-0.2, 0) is 16.7 Å². The Morgan fingerprint density at radius 1 is 1.19 bits per heavy atom. The molecule has 0 saturated carbocycles. The molecule has 0 aromatic heterocycles. The van der Waals surface area contributed by atoms with Crippen molar-refractivity contribution >= 4 is 17.7 Å². The van der Waals surface area contributed by atoms with Crippen LogP contribution in [0.25, 0.3) is 0 Å². The number of hydrogen-bond acceptors (Lipinski definition) is 4. The third kappa shape index (κ3) is 0.331. The Balaban J connectivity index is 1.02. The van der Waals surface area contributed by atoms with Gasteiger partial charge in [0.1, 0.15) is 0 Å². The number of ether oxygens (including phenoxy) is 1. The molecular formula is C22H19F3FeN2O2S. The van der Waals surface area contributed by atoms with Gasteiger partial charge >= 0.3 is 170 Å². The molecule has 9 heteroatoms. The van der Waals surface area contributed by atoms with Crippen molar-refractivity contribution in [2.75, 3.05) is 6.61 Å². The second kappa shape index (κ2) is 1.92. The summed E-state index contributed by atoms with van der Waals surface area (Å²) in [5.74, 6) is -0.738. The van der Waals surface area contributed by atoms with Crippen LogP contribution in [0, 0.1) is 11.3 Å². The van der Waals surface area contributed by atoms with Gasteiger partial charge in [-0.3, -0.25) is 0 Å². The van der Waals surface area contributed by atoms with Crippen molar-refractivity contribution in [3.05, 3.63) is 29.3 Å². The fourth-order valence-corrected chi connectivity index (χ4v) is 91.3. The zero-order valence-corrected chi connectivity index (χ0v) is 18.3. The summed E-state index contributed by atoms with van der Waals surface area (Å²) < 4.78 is 45.9. The predicted octanol–water partition coefficient (Wildman–Crippen LogP) is 5.49. The summed E-state index contributed by atoms with van der Waals surface area (Å²) in [6.07, 6.45) is 0. The molecule has 10 aliphatic rings. The van der Waals surface area contributed by atoms with Gasteiger partial charge < -0.3 is 0 Å². The van der Waals surface area contributed by atoms with E-state index in [1.165, 1.54) is 18.2 Å². The molecule has 0 aliphatic carbocycles. The first-order valence-electron chi connectivity index (χ1n) is 10.8. The quantitative estimate of drug-likeness (QED) is 0.425. The molecule has 1 amide bonds. The molecule has 10 fully saturated rings. The molecule has 0 radical (unpaired) electrons. The van der Waals surface area contributed by atoms with E-state index in [1.807, 2.05) is 0 Å². The number of amides is 1. The summed E-state index contributed by atoms with van der Waals surface area (Å²) in [6, 6.07) is 6.14. The molecule has 1 spiro atoms. The SMILES string of the molecule is CC(C#N)(CO[C]12[CH]3[CH]4[CH]5[CH]1[Fe]45321678[CH]2[CH]1[CH]6[CH]7[CH]28)c1cc(SC(F)(F)F)ccc1C(N)=O. The van der Waals surface area contributed by atoms with Crippen LogP contribution in [0.4, 0.5) is 13.2 Å². The average molecular weight is 488 g/mol. The summed E-state index contributed by atoms with van der Waals surface area (Å²) in [7, 11) is 0. The van der Waals surface area contributed by atoms with E-state index in [1.54, 1.807) is 6.92 Å². The first-order valence-corrected chi connectivity index (χ1v) is 17.9. The van der Waals surface area contributed by atoms with Crippen molar-refractivity contribution < 1.29 is 29.2 Å². The molecule has 164 valence electrons. The normalized spacial score (nSPS) is 72.9. The number of carbonyl (C=O) groups excluding carboxylic acids is 1. The molecule has 10 aliphatic heterocycles. The van der Waals surface area contributed by atoms with Crippen LogP contribution in [0.2, 0.25) is 43.3 Å². The maximum absolute atomic E-state index is 12.9. The van der Waals surface area contributed by atoms with E-state index >= 15 is 0 Å². The van der Waals surface area contributed by atoms with Gasteiger partial charge in [-0.2, -0.15) is 0 Å². The molecule has 10 heterocycles. The molecule has 1 aromatic rings. The first-order chi connectivity index (χ1) is 14.3. The zero-order chi connectivity index (χ0) is 21.3. The van der Waals surface area contributed by atoms with Crippen LogP contribution >= 0.6 is 11.8 Å². The number of nitriles is 1. The van der Waals surface area contributed by atoms with E-state index in [9.17, 15) is 23.2 Å². The number of halogens is 3. The third-order valence-corrected chi connectivity index (χ3v) is 60.1. The van der Waals surface area contributed by atoms with Crippen molar-refractivity contribution in [1.82, 2.24) is 0 Å². The maximum atomic E-state index is 12.9. The van der Waals surface area contributed by atoms with Crippen LogP contribution in [0.1, 0.15) is 22.8 Å². The number of thioether (sulfide) groups is 1. The monoisotopic (exact) mass is 488 g/mol. The molecule has 5 unspecified atom stereocenters. The van der Waals surface area contributed by atoms with Gasteiger partial charge in [0.05, 0.1) is 0 Å². The average Bonchev–Trinajstić information content (AvgIpc) is 3.64. The van der Waals surface area contributed by atoms with Crippen molar-refractivity contribution in [3.63, 3.8) is 0 Å². The van der Waals surface area contributed by atoms with Crippen molar-refractivity contribution in [3.8, 4) is 6.07 Å². The fraction of sp³-hybridized carbons (Fsp3) is 0.636. The van der Waals surface area contributed by atoms with E-state index in [0.717, 1.165) is 43.3 Å². The van der Waals surface area contributed by atoms with Gasteiger partial charge in [-0.1, -0.05) is 0 Å². The van der Waals surface area contributed by atoms with Crippen molar-refractivity contribution in [2.24, 2.45) is 5.73 Å². The molecule has 11 rings (SSSR count). The molecule has 4 nitrogen and oxygen atoms in total. The summed E-state index contributed by atoms with van der Waals surface area (Å²) in [5.41, 5.74) is 0.221. The van der Waals surface area contributed by atoms with Gasteiger partial charge in [-0.05, 0) is 0 Å². The van der Waals surface area contributed by atoms with Crippen LogP contribution < -0.4 is 5.73 Å². The number of rotatable bonds is 6. The minimum absolute atomic E-state index is 0.0490. The number of alkyl halides is 3. The predicted molar refractivity (Wildman–Crippen MR) is 102 cm³/mol. The van der Waals surface area contributed by atoms with Crippen LogP contribution in [0.5, 0.6) is 0 Å². The zero-order valence-electron chi connectivity index (χ0n) is 16.4. The molecular weight excluding hydrogens is 469 g/mol. The molecule has 2 N–H and O–H groups in total. The van der Waals surface area contributed by atoms with E-state index in [4.69, 9.17) is 10.5 Å². The van der Waals surface area contributed by atoms with E-state index in [2.05, 4.69) is 6.07 Å². The second-order valence-electron chi connectivity index (χ2n) is 14.0.